The average molecular weight is 495 g/mol. The molecule has 1 saturated heterocycles. The number of amides is 2. The number of aromatic nitrogens is 3. The lowest BCUT2D eigenvalue weighted by molar-refractivity contribution is 0.191. The number of H-pyrrole nitrogens is 1. The largest absolute Gasteiger partial charge is 0.352 e. The predicted molar refractivity (Wildman–Crippen MR) is 137 cm³/mol. The maximum atomic E-state index is 12.8. The number of hydrogen-bond acceptors (Lipinski definition) is 4. The minimum atomic E-state index is -0.101. The van der Waals surface area contributed by atoms with E-state index in [2.05, 4.69) is 31.2 Å². The molecule has 9 heteroatoms. The second kappa shape index (κ2) is 9.52. The molecule has 0 unspecified atom stereocenters. The highest BCUT2D eigenvalue weighted by Crippen LogP contribution is 2.30. The van der Waals surface area contributed by atoms with E-state index in [1.807, 2.05) is 60.4 Å². The van der Waals surface area contributed by atoms with Crippen LogP contribution in [-0.4, -0.2) is 52.1 Å². The first-order chi connectivity index (χ1) is 16.5. The molecule has 1 atom stereocenters. The van der Waals surface area contributed by atoms with Crippen LogP contribution < -0.4 is 10.2 Å². The Labute approximate surface area is 207 Å². The number of carbonyl (C=O) groups is 1. The van der Waals surface area contributed by atoms with Crippen LogP contribution in [0.25, 0.3) is 22.3 Å². The van der Waals surface area contributed by atoms with E-state index in [1.165, 1.54) is 0 Å². The molecule has 1 fully saturated rings. The van der Waals surface area contributed by atoms with E-state index in [1.54, 1.807) is 6.33 Å². The molecular weight excluding hydrogens is 471 g/mol. The fraction of sp³-hybridized carbons (Fsp3) is 0.240. The molecule has 0 saturated carbocycles. The highest BCUT2D eigenvalue weighted by molar-refractivity contribution is 6.30. The number of aromatic amines is 1. The first-order valence-corrected chi connectivity index (χ1v) is 11.9. The lowest BCUT2D eigenvalue weighted by Crippen LogP contribution is -2.52. The van der Waals surface area contributed by atoms with Gasteiger partial charge in [0.25, 0.3) is 0 Å². The van der Waals surface area contributed by atoms with Crippen molar-refractivity contribution in [3.8, 4) is 11.3 Å². The standard InChI is InChI=1S/C25H24Cl2N6O/c1-16(17-2-6-19(26)7-3-17)30-25(34)33-12-10-32(11-13-33)24-21-14-22(31-23(21)28-15-29-24)18-4-8-20(27)9-5-18/h2-9,14-16H,10-13H2,1H3,(H,30,34)(H,28,29,31)/t16-/m1/s1. The van der Waals surface area contributed by atoms with E-state index in [0.29, 0.717) is 36.2 Å². The van der Waals surface area contributed by atoms with Gasteiger partial charge in [-0.2, -0.15) is 0 Å². The number of nitrogens with zero attached hydrogens (tertiary/aromatic N) is 4. The number of hydrogen-bond donors (Lipinski definition) is 2. The van der Waals surface area contributed by atoms with Crippen molar-refractivity contribution in [2.45, 2.75) is 13.0 Å². The summed E-state index contributed by atoms with van der Waals surface area (Å²) in [7, 11) is 0. The van der Waals surface area contributed by atoms with Gasteiger partial charge in [0, 0.05) is 41.9 Å². The van der Waals surface area contributed by atoms with Gasteiger partial charge in [-0.25, -0.2) is 14.8 Å². The number of nitrogens with one attached hydrogen (secondary N) is 2. The van der Waals surface area contributed by atoms with Crippen molar-refractivity contribution in [3.63, 3.8) is 0 Å². The second-order valence-electron chi connectivity index (χ2n) is 8.35. The summed E-state index contributed by atoms with van der Waals surface area (Å²) in [4.78, 5) is 29.2. The number of rotatable bonds is 4. The number of anilines is 1. The molecule has 1 aliphatic heterocycles. The molecule has 0 aliphatic carbocycles. The van der Waals surface area contributed by atoms with E-state index in [0.717, 1.165) is 33.7 Å². The van der Waals surface area contributed by atoms with Gasteiger partial charge in [0.15, 0.2) is 0 Å². The summed E-state index contributed by atoms with van der Waals surface area (Å²) >= 11 is 12.0. The van der Waals surface area contributed by atoms with Crippen LogP contribution in [0.4, 0.5) is 10.6 Å². The summed E-state index contributed by atoms with van der Waals surface area (Å²) in [6.07, 6.45) is 1.58. The summed E-state index contributed by atoms with van der Waals surface area (Å²) in [5, 5.41) is 5.42. The molecular formula is C25H24Cl2N6O. The highest BCUT2D eigenvalue weighted by atomic mass is 35.5. The van der Waals surface area contributed by atoms with Gasteiger partial charge in [-0.05, 0) is 48.4 Å². The summed E-state index contributed by atoms with van der Waals surface area (Å²) in [6.45, 7) is 4.57. The van der Waals surface area contributed by atoms with E-state index in [-0.39, 0.29) is 12.1 Å². The summed E-state index contributed by atoms with van der Waals surface area (Å²) in [6, 6.07) is 17.1. The van der Waals surface area contributed by atoms with Crippen LogP contribution >= 0.6 is 23.2 Å². The van der Waals surface area contributed by atoms with Crippen molar-refractivity contribution < 1.29 is 4.79 Å². The molecule has 4 aromatic rings. The average Bonchev–Trinajstić information content (AvgIpc) is 3.29. The van der Waals surface area contributed by atoms with Crippen LogP contribution in [0.2, 0.25) is 10.0 Å². The van der Waals surface area contributed by atoms with E-state index < -0.39 is 0 Å². The molecule has 2 aromatic heterocycles. The zero-order valence-electron chi connectivity index (χ0n) is 18.6. The van der Waals surface area contributed by atoms with Gasteiger partial charge in [-0.3, -0.25) is 0 Å². The minimum Gasteiger partial charge on any atom is -0.352 e. The first kappa shape index (κ1) is 22.5. The molecule has 1 aliphatic rings. The van der Waals surface area contributed by atoms with Crippen LogP contribution in [0, 0.1) is 0 Å². The zero-order valence-corrected chi connectivity index (χ0v) is 20.1. The zero-order chi connectivity index (χ0) is 23.7. The minimum absolute atomic E-state index is 0.0680. The molecule has 34 heavy (non-hydrogen) atoms. The van der Waals surface area contributed by atoms with Gasteiger partial charge in [0.2, 0.25) is 0 Å². The van der Waals surface area contributed by atoms with Crippen LogP contribution in [-0.2, 0) is 0 Å². The third-order valence-corrected chi connectivity index (χ3v) is 6.64. The molecule has 2 amide bonds. The van der Waals surface area contributed by atoms with Gasteiger partial charge < -0.3 is 20.1 Å². The maximum absolute atomic E-state index is 12.8. The van der Waals surface area contributed by atoms with Gasteiger partial charge in [0.1, 0.15) is 17.8 Å². The Morgan fingerprint density at radius 1 is 0.971 bits per heavy atom. The topological polar surface area (TPSA) is 77.2 Å². The SMILES string of the molecule is C[C@@H](NC(=O)N1CCN(c2ncnc3[nH]c(-c4ccc(Cl)cc4)cc23)CC1)c1ccc(Cl)cc1. The monoisotopic (exact) mass is 494 g/mol. The Bertz CT molecular complexity index is 1300. The smallest absolute Gasteiger partial charge is 0.317 e. The number of carbonyl (C=O) groups excluding carboxylic acids is 1. The molecule has 0 spiro atoms. The Morgan fingerprint density at radius 2 is 1.62 bits per heavy atom. The van der Waals surface area contributed by atoms with Crippen molar-refractivity contribution in [3.05, 3.63) is 76.5 Å². The third kappa shape index (κ3) is 4.67. The number of urea groups is 1. The molecule has 2 aromatic carbocycles. The Hall–Kier alpha value is -3.29. The summed E-state index contributed by atoms with van der Waals surface area (Å²) < 4.78 is 0. The molecule has 0 radical (unpaired) electrons. The quantitative estimate of drug-likeness (QED) is 0.391. The number of piperazine rings is 1. The lowest BCUT2D eigenvalue weighted by Gasteiger charge is -2.36. The second-order valence-corrected chi connectivity index (χ2v) is 9.22. The van der Waals surface area contributed by atoms with Crippen LogP contribution in [0.1, 0.15) is 18.5 Å². The number of fused-ring (bicyclic) bond motifs is 1. The van der Waals surface area contributed by atoms with Crippen LogP contribution in [0.3, 0.4) is 0 Å². The Balaban J connectivity index is 1.26. The van der Waals surface area contributed by atoms with Crippen LogP contribution in [0.15, 0.2) is 60.9 Å². The van der Waals surface area contributed by atoms with Gasteiger partial charge >= 0.3 is 6.03 Å². The van der Waals surface area contributed by atoms with Crippen molar-refractivity contribution in [2.24, 2.45) is 0 Å². The molecule has 0 bridgehead atoms. The van der Waals surface area contributed by atoms with Crippen molar-refractivity contribution in [1.82, 2.24) is 25.2 Å². The Kier molecular flexibility index (Phi) is 6.30. The highest BCUT2D eigenvalue weighted by Gasteiger charge is 2.24. The molecule has 3 heterocycles. The number of benzene rings is 2. The van der Waals surface area contributed by atoms with E-state index in [9.17, 15) is 4.79 Å². The molecule has 174 valence electrons. The maximum Gasteiger partial charge on any atom is 0.317 e. The van der Waals surface area contributed by atoms with Crippen molar-refractivity contribution in [1.29, 1.82) is 0 Å². The van der Waals surface area contributed by atoms with Gasteiger partial charge in [-0.15, -0.1) is 0 Å². The van der Waals surface area contributed by atoms with Gasteiger partial charge in [0.05, 0.1) is 11.4 Å². The van der Waals surface area contributed by atoms with Gasteiger partial charge in [-0.1, -0.05) is 47.5 Å². The lowest BCUT2D eigenvalue weighted by atomic mass is 10.1. The normalized spacial score (nSPS) is 14.9. The first-order valence-electron chi connectivity index (χ1n) is 11.1. The predicted octanol–water partition coefficient (Wildman–Crippen LogP) is 5.52. The molecule has 2 N–H and O–H groups in total. The van der Waals surface area contributed by atoms with Crippen LogP contribution in [0.5, 0.6) is 0 Å². The number of halogens is 2. The third-order valence-electron chi connectivity index (χ3n) is 6.14. The Morgan fingerprint density at radius 3 is 2.29 bits per heavy atom. The molecule has 5 rings (SSSR count). The summed E-state index contributed by atoms with van der Waals surface area (Å²) in [5.41, 5.74) is 3.79. The fourth-order valence-electron chi connectivity index (χ4n) is 4.20. The van der Waals surface area contributed by atoms with E-state index in [4.69, 9.17) is 23.2 Å². The van der Waals surface area contributed by atoms with Crippen molar-refractivity contribution in [2.75, 3.05) is 31.1 Å². The van der Waals surface area contributed by atoms with Crippen molar-refractivity contribution >= 4 is 46.1 Å². The summed E-state index contributed by atoms with van der Waals surface area (Å²) in [5.74, 6) is 0.871. The molecule has 7 nitrogen and oxygen atoms in total. The van der Waals surface area contributed by atoms with E-state index >= 15 is 0 Å². The fourth-order valence-corrected chi connectivity index (χ4v) is 4.45.